The summed E-state index contributed by atoms with van der Waals surface area (Å²) in [6.07, 6.45) is 2.76. The second-order valence-electron chi connectivity index (χ2n) is 6.67. The Morgan fingerprint density at radius 1 is 1.20 bits per heavy atom. The van der Waals surface area contributed by atoms with E-state index >= 15 is 0 Å². The van der Waals surface area contributed by atoms with Gasteiger partial charge in [0.2, 0.25) is 5.91 Å². The summed E-state index contributed by atoms with van der Waals surface area (Å²) in [5, 5.41) is 2.95. The largest absolute Gasteiger partial charge is 0.368 e. The summed E-state index contributed by atoms with van der Waals surface area (Å²) in [7, 11) is 0. The molecule has 1 aliphatic heterocycles. The van der Waals surface area contributed by atoms with Crippen LogP contribution in [0.15, 0.2) is 48.5 Å². The monoisotopic (exact) mass is 340 g/mol. The predicted octanol–water partition coefficient (Wildman–Crippen LogP) is 3.72. The van der Waals surface area contributed by atoms with E-state index in [0.717, 1.165) is 19.4 Å². The molecule has 1 atom stereocenters. The van der Waals surface area contributed by atoms with Gasteiger partial charge < -0.3 is 10.2 Å². The molecule has 1 unspecified atom stereocenters. The van der Waals surface area contributed by atoms with Crippen molar-refractivity contribution in [2.24, 2.45) is 0 Å². The topological polar surface area (TPSA) is 32.3 Å². The lowest BCUT2D eigenvalue weighted by Gasteiger charge is -2.24. The molecule has 0 radical (unpaired) electrons. The van der Waals surface area contributed by atoms with Gasteiger partial charge >= 0.3 is 0 Å². The van der Waals surface area contributed by atoms with E-state index in [2.05, 4.69) is 41.4 Å². The van der Waals surface area contributed by atoms with Gasteiger partial charge in [-0.3, -0.25) is 4.79 Å². The number of halogens is 1. The molecule has 0 spiro atoms. The van der Waals surface area contributed by atoms with E-state index in [4.69, 9.17) is 0 Å². The van der Waals surface area contributed by atoms with Crippen LogP contribution in [0.4, 0.5) is 10.1 Å². The maximum Gasteiger partial charge on any atom is 0.220 e. The number of hydrogen-bond donors (Lipinski definition) is 1. The molecule has 132 valence electrons. The highest BCUT2D eigenvalue weighted by atomic mass is 19.1. The maximum absolute atomic E-state index is 13.5. The molecule has 4 heteroatoms. The molecule has 1 N–H and O–H groups in total. The smallest absolute Gasteiger partial charge is 0.220 e. The van der Waals surface area contributed by atoms with E-state index in [0.29, 0.717) is 31.0 Å². The van der Waals surface area contributed by atoms with Crippen molar-refractivity contribution < 1.29 is 9.18 Å². The molecule has 25 heavy (non-hydrogen) atoms. The maximum atomic E-state index is 13.5. The number of amides is 1. The van der Waals surface area contributed by atoms with Crippen LogP contribution in [0.1, 0.15) is 30.9 Å². The summed E-state index contributed by atoms with van der Waals surface area (Å²) in [5.74, 6) is -0.255. The van der Waals surface area contributed by atoms with E-state index in [1.54, 1.807) is 18.2 Å². The third-order valence-electron chi connectivity index (χ3n) is 4.83. The molecular formula is C21H25FN2O. The zero-order valence-electron chi connectivity index (χ0n) is 14.7. The molecule has 1 aliphatic rings. The van der Waals surface area contributed by atoms with E-state index in [1.165, 1.54) is 17.3 Å². The van der Waals surface area contributed by atoms with Crippen LogP contribution in [0, 0.1) is 5.82 Å². The number of nitrogens with one attached hydrogen (secondary N) is 1. The van der Waals surface area contributed by atoms with E-state index in [-0.39, 0.29) is 11.7 Å². The van der Waals surface area contributed by atoms with Crippen LogP contribution in [-0.2, 0) is 17.6 Å². The fraction of sp³-hybridized carbons (Fsp3) is 0.381. The van der Waals surface area contributed by atoms with Gasteiger partial charge in [-0.05, 0) is 49.4 Å². The number of rotatable bonds is 7. The first kappa shape index (κ1) is 17.5. The van der Waals surface area contributed by atoms with Gasteiger partial charge in [0.25, 0.3) is 0 Å². The second-order valence-corrected chi connectivity index (χ2v) is 6.67. The van der Waals surface area contributed by atoms with Gasteiger partial charge in [-0.15, -0.1) is 0 Å². The number of para-hydroxylation sites is 1. The zero-order chi connectivity index (χ0) is 17.6. The van der Waals surface area contributed by atoms with Gasteiger partial charge in [0, 0.05) is 31.2 Å². The number of benzene rings is 2. The number of carbonyl (C=O) groups is 1. The molecule has 0 aliphatic carbocycles. The second kappa shape index (κ2) is 8.15. The number of anilines is 1. The first-order chi connectivity index (χ1) is 12.1. The Kier molecular flexibility index (Phi) is 5.69. The predicted molar refractivity (Wildman–Crippen MR) is 99.3 cm³/mol. The fourth-order valence-corrected chi connectivity index (χ4v) is 3.49. The number of nitrogens with zero attached hydrogens (tertiary/aromatic N) is 1. The van der Waals surface area contributed by atoms with Crippen LogP contribution in [-0.4, -0.2) is 25.0 Å². The SMILES string of the molecule is CC1Cc2ccccc2N1CCCNC(=O)CCc1ccccc1F. The highest BCUT2D eigenvalue weighted by Crippen LogP contribution is 2.31. The zero-order valence-corrected chi connectivity index (χ0v) is 14.7. The van der Waals surface area contributed by atoms with Crippen molar-refractivity contribution in [1.29, 1.82) is 0 Å². The van der Waals surface area contributed by atoms with Gasteiger partial charge in [0.15, 0.2) is 0 Å². The molecule has 1 amide bonds. The third kappa shape index (κ3) is 4.38. The standard InChI is InChI=1S/C21H25FN2O/c1-16-15-18-8-3-5-10-20(18)24(16)14-6-13-23-21(25)12-11-17-7-2-4-9-19(17)22/h2-5,7-10,16H,6,11-15H2,1H3,(H,23,25). The molecule has 2 aromatic carbocycles. The van der Waals surface area contributed by atoms with Crippen LogP contribution in [0.2, 0.25) is 0 Å². The Hall–Kier alpha value is -2.36. The van der Waals surface area contributed by atoms with Crippen molar-refractivity contribution in [2.45, 2.75) is 38.6 Å². The molecule has 3 nitrogen and oxygen atoms in total. The average molecular weight is 340 g/mol. The highest BCUT2D eigenvalue weighted by Gasteiger charge is 2.24. The van der Waals surface area contributed by atoms with Gasteiger partial charge in [0.1, 0.15) is 5.82 Å². The lowest BCUT2D eigenvalue weighted by atomic mass is 10.1. The minimum Gasteiger partial charge on any atom is -0.368 e. The van der Waals surface area contributed by atoms with Gasteiger partial charge in [-0.25, -0.2) is 4.39 Å². The minimum absolute atomic E-state index is 0.0156. The van der Waals surface area contributed by atoms with Crippen molar-refractivity contribution in [1.82, 2.24) is 5.32 Å². The van der Waals surface area contributed by atoms with Crippen molar-refractivity contribution in [2.75, 3.05) is 18.0 Å². The van der Waals surface area contributed by atoms with E-state index < -0.39 is 0 Å². The summed E-state index contributed by atoms with van der Waals surface area (Å²) in [6.45, 7) is 3.83. The van der Waals surface area contributed by atoms with Crippen LogP contribution in [0.25, 0.3) is 0 Å². The molecule has 2 aromatic rings. The first-order valence-corrected chi connectivity index (χ1v) is 9.00. The van der Waals surface area contributed by atoms with E-state index in [9.17, 15) is 9.18 Å². The Morgan fingerprint density at radius 3 is 2.80 bits per heavy atom. The van der Waals surface area contributed by atoms with Crippen molar-refractivity contribution >= 4 is 11.6 Å². The molecule has 3 rings (SSSR count). The van der Waals surface area contributed by atoms with E-state index in [1.807, 2.05) is 0 Å². The summed E-state index contributed by atoms with van der Waals surface area (Å²) >= 11 is 0. The third-order valence-corrected chi connectivity index (χ3v) is 4.83. The van der Waals surface area contributed by atoms with Gasteiger partial charge in [-0.1, -0.05) is 36.4 Å². The minimum atomic E-state index is -0.239. The summed E-state index contributed by atoms with van der Waals surface area (Å²) in [5.41, 5.74) is 3.32. The van der Waals surface area contributed by atoms with Gasteiger partial charge in [0.05, 0.1) is 0 Å². The number of hydrogen-bond acceptors (Lipinski definition) is 2. The van der Waals surface area contributed by atoms with Gasteiger partial charge in [-0.2, -0.15) is 0 Å². The lowest BCUT2D eigenvalue weighted by Crippen LogP contribution is -2.33. The number of carbonyl (C=O) groups excluding carboxylic acids is 1. The number of fused-ring (bicyclic) bond motifs is 1. The fourth-order valence-electron chi connectivity index (χ4n) is 3.49. The lowest BCUT2D eigenvalue weighted by molar-refractivity contribution is -0.121. The van der Waals surface area contributed by atoms with Crippen molar-refractivity contribution in [3.8, 4) is 0 Å². The molecule has 0 bridgehead atoms. The van der Waals surface area contributed by atoms with Crippen molar-refractivity contribution in [3.05, 3.63) is 65.5 Å². The quantitative estimate of drug-likeness (QED) is 0.779. The summed E-state index contributed by atoms with van der Waals surface area (Å²) in [6, 6.07) is 15.7. The Balaban J connectivity index is 1.39. The van der Waals surface area contributed by atoms with Crippen LogP contribution < -0.4 is 10.2 Å². The Labute approximate surface area is 148 Å². The Morgan fingerprint density at radius 2 is 1.96 bits per heavy atom. The highest BCUT2D eigenvalue weighted by molar-refractivity contribution is 5.76. The molecule has 0 aromatic heterocycles. The molecule has 0 saturated carbocycles. The molecule has 0 saturated heterocycles. The average Bonchev–Trinajstić information content (AvgIpc) is 2.93. The normalized spacial score (nSPS) is 15.9. The molecule has 0 fully saturated rings. The molecular weight excluding hydrogens is 315 g/mol. The summed E-state index contributed by atoms with van der Waals surface area (Å²) in [4.78, 5) is 14.4. The first-order valence-electron chi connectivity index (χ1n) is 9.00. The number of aryl methyl sites for hydroxylation is 1. The van der Waals surface area contributed by atoms with Crippen molar-refractivity contribution in [3.63, 3.8) is 0 Å². The van der Waals surface area contributed by atoms with Crippen LogP contribution in [0.5, 0.6) is 0 Å². The summed E-state index contributed by atoms with van der Waals surface area (Å²) < 4.78 is 13.5. The van der Waals surface area contributed by atoms with Crippen LogP contribution >= 0.6 is 0 Å². The Bertz CT molecular complexity index is 731. The van der Waals surface area contributed by atoms with Crippen LogP contribution in [0.3, 0.4) is 0 Å². The molecule has 1 heterocycles.